The predicted octanol–water partition coefficient (Wildman–Crippen LogP) is 15.0. The molecule has 5 nitrogen and oxygen atoms in total. The van der Waals surface area contributed by atoms with E-state index in [9.17, 15) is 0 Å². The highest BCUT2D eigenvalue weighted by molar-refractivity contribution is 6.19. The fourth-order valence-electron chi connectivity index (χ4n) is 9.39. The lowest BCUT2D eigenvalue weighted by molar-refractivity contribution is 0.669. The van der Waals surface area contributed by atoms with Crippen LogP contribution < -0.4 is 0 Å². The molecular weight excluding hydrogens is 757 g/mol. The Morgan fingerprint density at radius 1 is 0.323 bits per heavy atom. The number of rotatable bonds is 5. The number of hydrogen-bond acceptors (Lipinski definition) is 4. The van der Waals surface area contributed by atoms with Gasteiger partial charge < -0.3 is 8.98 Å². The first kappa shape index (κ1) is 34.5. The molecule has 3 heterocycles. The SMILES string of the molecule is c1ccc(-c2ccc(-c3nc(-c4ccc5ccccc5c4)nc(-c4c(-n5c6ccccc6c6cc7ccccc7cc65)ccc5oc6cc7ccccc7cc6c45)n3)cc2)cc1. The van der Waals surface area contributed by atoms with Gasteiger partial charge in [0.25, 0.3) is 0 Å². The Bertz CT molecular complexity index is 3920. The minimum Gasteiger partial charge on any atom is -0.456 e. The Kier molecular flexibility index (Phi) is 7.54. The first-order valence-electron chi connectivity index (χ1n) is 20.9. The largest absolute Gasteiger partial charge is 0.456 e. The van der Waals surface area contributed by atoms with Crippen LogP contribution in [0.2, 0.25) is 0 Å². The van der Waals surface area contributed by atoms with Gasteiger partial charge in [0.2, 0.25) is 0 Å². The van der Waals surface area contributed by atoms with Crippen LogP contribution in [0, 0.1) is 0 Å². The van der Waals surface area contributed by atoms with Crippen molar-refractivity contribution >= 4 is 76.1 Å². The zero-order chi connectivity index (χ0) is 40.7. The van der Waals surface area contributed by atoms with Gasteiger partial charge in [0.05, 0.1) is 22.3 Å². The van der Waals surface area contributed by atoms with Crippen molar-refractivity contribution in [3.63, 3.8) is 0 Å². The first-order valence-corrected chi connectivity index (χ1v) is 20.9. The molecule has 0 radical (unpaired) electrons. The highest BCUT2D eigenvalue weighted by atomic mass is 16.3. The summed E-state index contributed by atoms with van der Waals surface area (Å²) in [6.45, 7) is 0. The van der Waals surface area contributed by atoms with Crippen molar-refractivity contribution in [3.8, 4) is 51.0 Å². The molecule has 288 valence electrons. The van der Waals surface area contributed by atoms with Crippen molar-refractivity contribution in [2.24, 2.45) is 0 Å². The molecular formula is C57H34N4O. The summed E-state index contributed by atoms with van der Waals surface area (Å²) < 4.78 is 9.17. The summed E-state index contributed by atoms with van der Waals surface area (Å²) in [6, 6.07) is 72.8. The molecule has 0 amide bonds. The lowest BCUT2D eigenvalue weighted by Gasteiger charge is -2.16. The molecule has 0 fully saturated rings. The number of fused-ring (bicyclic) bond motifs is 9. The maximum Gasteiger partial charge on any atom is 0.166 e. The molecule has 0 saturated heterocycles. The molecule has 5 heteroatoms. The van der Waals surface area contributed by atoms with Crippen molar-refractivity contribution in [1.82, 2.24) is 19.5 Å². The average molecular weight is 791 g/mol. The molecule has 0 aliphatic heterocycles. The maximum absolute atomic E-state index is 6.78. The van der Waals surface area contributed by atoms with E-state index >= 15 is 0 Å². The lowest BCUT2D eigenvalue weighted by atomic mass is 10.00. The zero-order valence-corrected chi connectivity index (χ0v) is 33.3. The minimum atomic E-state index is 0.563. The van der Waals surface area contributed by atoms with E-state index in [0.717, 1.165) is 88.0 Å². The van der Waals surface area contributed by atoms with Crippen molar-refractivity contribution in [3.05, 3.63) is 206 Å². The summed E-state index contributed by atoms with van der Waals surface area (Å²) in [6.07, 6.45) is 0. The van der Waals surface area contributed by atoms with E-state index in [1.165, 1.54) is 21.5 Å². The molecule has 13 rings (SSSR count). The molecule has 0 aliphatic rings. The second-order valence-electron chi connectivity index (χ2n) is 16.0. The van der Waals surface area contributed by atoms with Gasteiger partial charge in [-0.2, -0.15) is 0 Å². The summed E-state index contributed by atoms with van der Waals surface area (Å²) in [4.78, 5) is 16.2. The van der Waals surface area contributed by atoms with Crippen molar-refractivity contribution in [1.29, 1.82) is 0 Å². The van der Waals surface area contributed by atoms with Crippen LogP contribution in [-0.4, -0.2) is 19.5 Å². The summed E-state index contributed by atoms with van der Waals surface area (Å²) >= 11 is 0. The minimum absolute atomic E-state index is 0.563. The summed E-state index contributed by atoms with van der Waals surface area (Å²) in [5.74, 6) is 1.75. The Hall–Kier alpha value is -8.41. The van der Waals surface area contributed by atoms with Crippen LogP contribution >= 0.6 is 0 Å². The molecule has 3 aromatic heterocycles. The summed E-state index contributed by atoms with van der Waals surface area (Å²) in [5, 5.41) is 11.2. The molecule has 0 N–H and O–H groups in total. The van der Waals surface area contributed by atoms with E-state index in [4.69, 9.17) is 19.4 Å². The standard InChI is InChI=1S/C57H34N4O/c1-2-12-35(13-3-1)37-22-25-38(26-23-37)55-58-56(44-27-24-36-14-4-5-15-39(36)30-44)60-57(59-55)54-49(28-29-51-53(54)47-32-41-17-7-9-19-43(41)34-52(47)62-51)61-48-21-11-10-20-45(48)46-31-40-16-6-8-18-42(40)33-50(46)61/h1-34H. The van der Waals surface area contributed by atoms with Gasteiger partial charge in [0.1, 0.15) is 11.2 Å². The molecule has 0 unspecified atom stereocenters. The maximum atomic E-state index is 6.78. The van der Waals surface area contributed by atoms with Crippen LogP contribution in [0.25, 0.3) is 127 Å². The van der Waals surface area contributed by atoms with Crippen LogP contribution in [-0.2, 0) is 0 Å². The third kappa shape index (κ3) is 5.45. The van der Waals surface area contributed by atoms with Crippen molar-refractivity contribution < 1.29 is 4.42 Å². The highest BCUT2D eigenvalue weighted by Gasteiger charge is 2.25. The molecule has 62 heavy (non-hydrogen) atoms. The molecule has 0 bridgehead atoms. The molecule has 13 aromatic rings. The first-order chi connectivity index (χ1) is 30.7. The molecule has 0 spiro atoms. The van der Waals surface area contributed by atoms with Gasteiger partial charge in [0, 0.05) is 32.7 Å². The van der Waals surface area contributed by atoms with Crippen LogP contribution in [0.15, 0.2) is 211 Å². The van der Waals surface area contributed by atoms with Crippen LogP contribution in [0.4, 0.5) is 0 Å². The fourth-order valence-corrected chi connectivity index (χ4v) is 9.39. The molecule has 0 aliphatic carbocycles. The second-order valence-corrected chi connectivity index (χ2v) is 16.0. The Morgan fingerprint density at radius 2 is 0.871 bits per heavy atom. The Balaban J connectivity index is 1.15. The van der Waals surface area contributed by atoms with E-state index in [1.54, 1.807) is 0 Å². The van der Waals surface area contributed by atoms with E-state index in [2.05, 4.69) is 205 Å². The van der Waals surface area contributed by atoms with Gasteiger partial charge in [-0.1, -0.05) is 158 Å². The topological polar surface area (TPSA) is 56.7 Å². The quantitative estimate of drug-likeness (QED) is 0.174. The van der Waals surface area contributed by atoms with Gasteiger partial charge in [-0.15, -0.1) is 0 Å². The van der Waals surface area contributed by atoms with Gasteiger partial charge in [-0.25, -0.2) is 15.0 Å². The lowest BCUT2D eigenvalue weighted by Crippen LogP contribution is -2.04. The third-order valence-corrected chi connectivity index (χ3v) is 12.4. The van der Waals surface area contributed by atoms with E-state index in [1.807, 2.05) is 6.07 Å². The molecule has 10 aromatic carbocycles. The van der Waals surface area contributed by atoms with Gasteiger partial charge in [-0.05, 0) is 92.0 Å². The number of aromatic nitrogens is 4. The number of benzene rings is 10. The Morgan fingerprint density at radius 3 is 1.63 bits per heavy atom. The normalized spacial score (nSPS) is 11.9. The van der Waals surface area contributed by atoms with Crippen LogP contribution in [0.3, 0.4) is 0 Å². The fraction of sp³-hybridized carbons (Fsp3) is 0. The second kappa shape index (κ2) is 13.6. The monoisotopic (exact) mass is 790 g/mol. The van der Waals surface area contributed by atoms with E-state index in [0.29, 0.717) is 17.5 Å². The predicted molar refractivity (Wildman–Crippen MR) is 256 cm³/mol. The number of para-hydroxylation sites is 1. The smallest absolute Gasteiger partial charge is 0.166 e. The van der Waals surface area contributed by atoms with Crippen molar-refractivity contribution in [2.45, 2.75) is 0 Å². The molecule has 0 atom stereocenters. The van der Waals surface area contributed by atoms with Crippen molar-refractivity contribution in [2.75, 3.05) is 0 Å². The molecule has 0 saturated carbocycles. The van der Waals surface area contributed by atoms with Gasteiger partial charge in [0.15, 0.2) is 17.5 Å². The zero-order valence-electron chi connectivity index (χ0n) is 33.3. The third-order valence-electron chi connectivity index (χ3n) is 12.4. The number of furan rings is 1. The van der Waals surface area contributed by atoms with Crippen LogP contribution in [0.1, 0.15) is 0 Å². The summed E-state index contributed by atoms with van der Waals surface area (Å²) in [7, 11) is 0. The highest BCUT2D eigenvalue weighted by Crippen LogP contribution is 2.44. The number of nitrogens with zero attached hydrogens (tertiary/aromatic N) is 4. The van der Waals surface area contributed by atoms with Gasteiger partial charge >= 0.3 is 0 Å². The van der Waals surface area contributed by atoms with E-state index in [-0.39, 0.29) is 0 Å². The van der Waals surface area contributed by atoms with Gasteiger partial charge in [-0.3, -0.25) is 0 Å². The van der Waals surface area contributed by atoms with Crippen LogP contribution in [0.5, 0.6) is 0 Å². The Labute approximate surface area is 355 Å². The number of hydrogen-bond donors (Lipinski definition) is 0. The average Bonchev–Trinajstić information content (AvgIpc) is 3.86. The summed E-state index contributed by atoms with van der Waals surface area (Å²) in [5.41, 5.74) is 9.69. The van der Waals surface area contributed by atoms with E-state index < -0.39 is 0 Å².